The highest BCUT2D eigenvalue weighted by Gasteiger charge is 2.18. The molecule has 178 valence electrons. The lowest BCUT2D eigenvalue weighted by Crippen LogP contribution is -2.05. The van der Waals surface area contributed by atoms with E-state index in [4.69, 9.17) is 4.99 Å². The molecule has 0 saturated carbocycles. The van der Waals surface area contributed by atoms with Gasteiger partial charge in [0.1, 0.15) is 0 Å². The van der Waals surface area contributed by atoms with Crippen LogP contribution >= 0.6 is 35.3 Å². The molecular formula is C31H31NS3. The molecule has 0 fully saturated rings. The Morgan fingerprint density at radius 2 is 1.09 bits per heavy atom. The van der Waals surface area contributed by atoms with Gasteiger partial charge < -0.3 is 0 Å². The fourth-order valence-corrected chi connectivity index (χ4v) is 7.67. The van der Waals surface area contributed by atoms with E-state index >= 15 is 0 Å². The van der Waals surface area contributed by atoms with Gasteiger partial charge in [0.2, 0.25) is 0 Å². The Bertz CT molecular complexity index is 1250. The Kier molecular flexibility index (Phi) is 9.19. The summed E-state index contributed by atoms with van der Waals surface area (Å²) in [4.78, 5) is 8.96. The van der Waals surface area contributed by atoms with Crippen molar-refractivity contribution in [1.82, 2.24) is 0 Å². The highest BCUT2D eigenvalue weighted by Crippen LogP contribution is 2.40. The maximum absolute atomic E-state index is 5.14. The molecule has 0 N–H and O–H groups in total. The third-order valence-corrected chi connectivity index (χ3v) is 8.84. The smallest absolute Gasteiger partial charge is 0.0806 e. The van der Waals surface area contributed by atoms with E-state index in [1.54, 1.807) is 11.8 Å². The third-order valence-electron chi connectivity index (χ3n) is 5.37. The molecule has 0 spiro atoms. The fraction of sp³-hybridized carbons (Fsp3) is 0.194. The number of thioether (sulfide) groups is 3. The Morgan fingerprint density at radius 3 is 1.60 bits per heavy atom. The minimum absolute atomic E-state index is 0.292. The molecule has 4 rings (SSSR count). The summed E-state index contributed by atoms with van der Waals surface area (Å²) < 4.78 is 0.292. The normalized spacial score (nSPS) is 11.7. The van der Waals surface area contributed by atoms with Crippen molar-refractivity contribution in [3.63, 3.8) is 0 Å². The van der Waals surface area contributed by atoms with Crippen molar-refractivity contribution >= 4 is 46.0 Å². The van der Waals surface area contributed by atoms with Crippen molar-refractivity contribution < 1.29 is 0 Å². The summed E-state index contributed by atoms with van der Waals surface area (Å²) in [5.41, 5.74) is 6.10. The molecule has 0 aliphatic carbocycles. The van der Waals surface area contributed by atoms with Crippen LogP contribution in [0, 0.1) is 27.7 Å². The van der Waals surface area contributed by atoms with Gasteiger partial charge in [0.15, 0.2) is 0 Å². The average molecular weight is 514 g/mol. The van der Waals surface area contributed by atoms with Crippen LogP contribution < -0.4 is 0 Å². The van der Waals surface area contributed by atoms with E-state index in [9.17, 15) is 0 Å². The summed E-state index contributed by atoms with van der Waals surface area (Å²) in [5.74, 6) is 0. The Morgan fingerprint density at radius 1 is 0.600 bits per heavy atom. The zero-order valence-electron chi connectivity index (χ0n) is 20.7. The molecule has 0 aliphatic heterocycles. The van der Waals surface area contributed by atoms with Crippen molar-refractivity contribution in [2.75, 3.05) is 0 Å². The van der Waals surface area contributed by atoms with Crippen LogP contribution in [-0.2, 0) is 0 Å². The predicted molar refractivity (Wildman–Crippen MR) is 158 cm³/mol. The second kappa shape index (κ2) is 12.5. The minimum atomic E-state index is 0.292. The zero-order chi connectivity index (χ0) is 24.6. The molecule has 0 saturated heterocycles. The second-order valence-electron chi connectivity index (χ2n) is 8.76. The molecule has 0 heterocycles. The number of hydrogen-bond acceptors (Lipinski definition) is 4. The maximum Gasteiger partial charge on any atom is 0.0806 e. The van der Waals surface area contributed by atoms with Crippen molar-refractivity contribution in [2.24, 2.45) is 4.99 Å². The van der Waals surface area contributed by atoms with Gasteiger partial charge in [-0.05, 0) is 76.2 Å². The van der Waals surface area contributed by atoms with Crippen LogP contribution in [0.25, 0.3) is 0 Å². The number of hydrogen-bond donors (Lipinski definition) is 0. The number of aliphatic imine (C=N–C) groups is 1. The van der Waals surface area contributed by atoms with Crippen LogP contribution in [0.15, 0.2) is 117 Å². The lowest BCUT2D eigenvalue weighted by Gasteiger charge is -2.18. The molecule has 4 heteroatoms. The van der Waals surface area contributed by atoms with Gasteiger partial charge in [-0.2, -0.15) is 0 Å². The van der Waals surface area contributed by atoms with E-state index in [0.717, 1.165) is 17.2 Å². The first kappa shape index (κ1) is 25.7. The summed E-state index contributed by atoms with van der Waals surface area (Å²) in [6, 6.07) is 34.8. The van der Waals surface area contributed by atoms with Gasteiger partial charge in [0.05, 0.1) is 15.3 Å². The lowest BCUT2D eigenvalue weighted by atomic mass is 10.2. The van der Waals surface area contributed by atoms with Crippen molar-refractivity contribution in [2.45, 2.75) is 53.4 Å². The van der Waals surface area contributed by atoms with Gasteiger partial charge in [0, 0.05) is 21.1 Å². The molecule has 0 radical (unpaired) electrons. The van der Waals surface area contributed by atoms with Crippen molar-refractivity contribution in [3.8, 4) is 0 Å². The standard InChI is InChI=1S/C31H31NS3/c1-22-14-16-26(17-15-22)32-30(33-27-11-5-8-23(2)18-27)21-31(34-28-12-6-9-24(3)19-28)35-29-13-7-10-25(4)20-29/h5-20,31H,21H2,1-4H3. The largest absolute Gasteiger partial charge is 0.246 e. The monoisotopic (exact) mass is 513 g/mol. The minimum Gasteiger partial charge on any atom is -0.246 e. The predicted octanol–water partition coefficient (Wildman–Crippen LogP) is 10.0. The van der Waals surface area contributed by atoms with E-state index in [0.29, 0.717) is 4.58 Å². The molecule has 0 aliphatic rings. The van der Waals surface area contributed by atoms with Crippen LogP contribution in [0.1, 0.15) is 28.7 Å². The first-order valence-corrected chi connectivity index (χ1v) is 14.4. The molecule has 1 nitrogen and oxygen atoms in total. The van der Waals surface area contributed by atoms with E-state index < -0.39 is 0 Å². The lowest BCUT2D eigenvalue weighted by molar-refractivity contribution is 1.22. The number of nitrogens with zero attached hydrogens (tertiary/aromatic N) is 1. The number of benzene rings is 4. The average Bonchev–Trinajstić information content (AvgIpc) is 2.80. The van der Waals surface area contributed by atoms with Gasteiger partial charge in [-0.15, -0.1) is 23.5 Å². The zero-order valence-corrected chi connectivity index (χ0v) is 23.1. The van der Waals surface area contributed by atoms with Crippen LogP contribution in [0.5, 0.6) is 0 Å². The van der Waals surface area contributed by atoms with Gasteiger partial charge in [-0.3, -0.25) is 0 Å². The molecule has 4 aromatic rings. The van der Waals surface area contributed by atoms with E-state index in [-0.39, 0.29) is 0 Å². The van der Waals surface area contributed by atoms with Crippen molar-refractivity contribution in [3.05, 3.63) is 119 Å². The molecule has 0 aromatic heterocycles. The highest BCUT2D eigenvalue weighted by atomic mass is 32.2. The first-order valence-electron chi connectivity index (χ1n) is 11.8. The van der Waals surface area contributed by atoms with Crippen LogP contribution in [-0.4, -0.2) is 9.63 Å². The van der Waals surface area contributed by atoms with Crippen molar-refractivity contribution in [1.29, 1.82) is 0 Å². The Hall–Kier alpha value is -2.40. The van der Waals surface area contributed by atoms with E-state index in [1.807, 2.05) is 23.5 Å². The summed E-state index contributed by atoms with van der Waals surface area (Å²) in [7, 11) is 0. The van der Waals surface area contributed by atoms with Gasteiger partial charge in [-0.1, -0.05) is 82.5 Å². The molecule has 0 bridgehead atoms. The number of rotatable bonds is 8. The quantitative estimate of drug-likeness (QED) is 0.101. The topological polar surface area (TPSA) is 12.4 Å². The summed E-state index contributed by atoms with van der Waals surface area (Å²) >= 11 is 5.64. The maximum atomic E-state index is 5.14. The first-order chi connectivity index (χ1) is 16.9. The summed E-state index contributed by atoms with van der Waals surface area (Å²) in [6.45, 7) is 8.57. The van der Waals surface area contributed by atoms with Crippen LogP contribution in [0.3, 0.4) is 0 Å². The van der Waals surface area contributed by atoms with Crippen LogP contribution in [0.2, 0.25) is 0 Å². The molecular weight excluding hydrogens is 483 g/mol. The second-order valence-corrected chi connectivity index (χ2v) is 12.8. The number of aryl methyl sites for hydroxylation is 4. The molecule has 0 unspecified atom stereocenters. The highest BCUT2D eigenvalue weighted by molar-refractivity contribution is 8.17. The van der Waals surface area contributed by atoms with Gasteiger partial charge >= 0.3 is 0 Å². The van der Waals surface area contributed by atoms with Gasteiger partial charge in [0.25, 0.3) is 0 Å². The SMILES string of the molecule is Cc1ccc(N=C(CC(Sc2cccc(C)c2)Sc2cccc(C)c2)Sc2cccc(C)c2)cc1. The molecule has 4 aromatic carbocycles. The Labute approximate surface area is 222 Å². The fourth-order valence-electron chi connectivity index (χ4n) is 3.62. The molecule has 0 atom stereocenters. The molecule has 35 heavy (non-hydrogen) atoms. The Balaban J connectivity index is 1.66. The van der Waals surface area contributed by atoms with Crippen LogP contribution in [0.4, 0.5) is 5.69 Å². The van der Waals surface area contributed by atoms with Gasteiger partial charge in [-0.25, -0.2) is 4.99 Å². The van der Waals surface area contributed by atoms with E-state index in [2.05, 4.69) is 125 Å². The van der Waals surface area contributed by atoms with E-state index in [1.165, 1.54) is 36.9 Å². The third kappa shape index (κ3) is 8.34. The summed E-state index contributed by atoms with van der Waals surface area (Å²) in [6.07, 6.45) is 0.865. The summed E-state index contributed by atoms with van der Waals surface area (Å²) in [5, 5.41) is 1.13. The molecule has 0 amide bonds.